The van der Waals surface area contributed by atoms with Crippen molar-refractivity contribution >= 4 is 22.6 Å². The van der Waals surface area contributed by atoms with E-state index < -0.39 is 5.82 Å². The van der Waals surface area contributed by atoms with Crippen LogP contribution in [0.1, 0.15) is 26.5 Å². The molecule has 0 aliphatic carbocycles. The first-order valence-corrected chi connectivity index (χ1v) is 6.91. The molecule has 0 aromatic carbocycles. The third kappa shape index (κ3) is 2.49. The van der Waals surface area contributed by atoms with Gasteiger partial charge in [0.25, 0.3) is 0 Å². The lowest BCUT2D eigenvalue weighted by atomic mass is 9.92. The van der Waals surface area contributed by atoms with Crippen molar-refractivity contribution < 1.29 is 4.39 Å². The molecule has 6 heteroatoms. The van der Waals surface area contributed by atoms with Crippen LogP contribution in [0.2, 0.25) is 5.28 Å². The van der Waals surface area contributed by atoms with Crippen LogP contribution in [0, 0.1) is 5.82 Å². The van der Waals surface area contributed by atoms with Crippen LogP contribution in [0.4, 0.5) is 4.39 Å². The minimum atomic E-state index is -0.398. The molecule has 21 heavy (non-hydrogen) atoms. The zero-order chi connectivity index (χ0) is 15.2. The van der Waals surface area contributed by atoms with Crippen molar-refractivity contribution in [2.75, 3.05) is 0 Å². The number of hydrogen-bond acceptors (Lipinski definition) is 3. The predicted octanol–water partition coefficient (Wildman–Crippen LogP) is 3.91. The molecule has 0 N–H and O–H groups in total. The molecule has 3 aromatic rings. The minimum Gasteiger partial charge on any atom is -0.282 e. The maximum absolute atomic E-state index is 14.0. The number of fused-ring (bicyclic) bond motifs is 1. The molecule has 3 aromatic heterocycles. The fourth-order valence-electron chi connectivity index (χ4n) is 2.10. The lowest BCUT2D eigenvalue weighted by Crippen LogP contribution is -2.14. The van der Waals surface area contributed by atoms with Crippen LogP contribution in [0.15, 0.2) is 30.6 Å². The van der Waals surface area contributed by atoms with Crippen LogP contribution in [0.25, 0.3) is 16.9 Å². The van der Waals surface area contributed by atoms with E-state index in [0.29, 0.717) is 16.9 Å². The molecule has 0 saturated heterocycles. The minimum absolute atomic E-state index is 0.0776. The Balaban J connectivity index is 2.23. The Labute approximate surface area is 126 Å². The summed E-state index contributed by atoms with van der Waals surface area (Å²) >= 11 is 5.81. The zero-order valence-corrected chi connectivity index (χ0v) is 12.7. The van der Waals surface area contributed by atoms with Crippen LogP contribution in [-0.4, -0.2) is 19.5 Å². The van der Waals surface area contributed by atoms with Gasteiger partial charge in [-0.15, -0.1) is 0 Å². The molecule has 0 radical (unpaired) electrons. The molecule has 3 rings (SSSR count). The van der Waals surface area contributed by atoms with E-state index in [0.717, 1.165) is 5.69 Å². The average Bonchev–Trinajstić information content (AvgIpc) is 2.75. The summed E-state index contributed by atoms with van der Waals surface area (Å²) in [5.41, 5.74) is 1.23. The van der Waals surface area contributed by atoms with Gasteiger partial charge in [-0.1, -0.05) is 26.8 Å². The normalized spacial score (nSPS) is 12.0. The first-order chi connectivity index (χ1) is 9.86. The highest BCUT2D eigenvalue weighted by Crippen LogP contribution is 2.24. The zero-order valence-electron chi connectivity index (χ0n) is 11.9. The first-order valence-electron chi connectivity index (χ1n) is 6.53. The Kier molecular flexibility index (Phi) is 3.17. The summed E-state index contributed by atoms with van der Waals surface area (Å²) in [6, 6.07) is 5.66. The molecule has 0 aliphatic rings. The van der Waals surface area contributed by atoms with Crippen molar-refractivity contribution in [2.24, 2.45) is 0 Å². The summed E-state index contributed by atoms with van der Waals surface area (Å²) in [7, 11) is 0. The third-order valence-corrected chi connectivity index (χ3v) is 3.40. The lowest BCUT2D eigenvalue weighted by Gasteiger charge is -2.18. The second-order valence-corrected chi connectivity index (χ2v) is 6.19. The van der Waals surface area contributed by atoms with Crippen LogP contribution in [0.3, 0.4) is 0 Å². The largest absolute Gasteiger partial charge is 0.282 e. The number of nitrogens with zero attached hydrogens (tertiary/aromatic N) is 4. The van der Waals surface area contributed by atoms with Gasteiger partial charge >= 0.3 is 0 Å². The molecule has 0 amide bonds. The van der Waals surface area contributed by atoms with Gasteiger partial charge in [-0.2, -0.15) is 4.98 Å². The molecule has 4 nitrogen and oxygen atoms in total. The lowest BCUT2D eigenvalue weighted by molar-refractivity contribution is 0.567. The van der Waals surface area contributed by atoms with Gasteiger partial charge in [0.05, 0.1) is 5.39 Å². The molecule has 0 unspecified atom stereocenters. The van der Waals surface area contributed by atoms with Gasteiger partial charge in [-0.25, -0.2) is 14.4 Å². The topological polar surface area (TPSA) is 43.6 Å². The summed E-state index contributed by atoms with van der Waals surface area (Å²) in [4.78, 5) is 12.5. The maximum atomic E-state index is 14.0. The maximum Gasteiger partial charge on any atom is 0.224 e. The highest BCUT2D eigenvalue weighted by molar-refractivity contribution is 6.28. The monoisotopic (exact) mass is 304 g/mol. The number of aromatic nitrogens is 4. The molecule has 0 spiro atoms. The van der Waals surface area contributed by atoms with Crippen molar-refractivity contribution in [3.63, 3.8) is 0 Å². The third-order valence-electron chi connectivity index (χ3n) is 3.22. The summed E-state index contributed by atoms with van der Waals surface area (Å²) in [6.07, 6.45) is 2.73. The molecule has 0 saturated carbocycles. The van der Waals surface area contributed by atoms with Gasteiger partial charge in [0.1, 0.15) is 5.82 Å². The number of rotatable bonds is 1. The van der Waals surface area contributed by atoms with Gasteiger partial charge in [-0.3, -0.25) is 4.57 Å². The molecule has 0 atom stereocenters. The van der Waals surface area contributed by atoms with Gasteiger partial charge in [0.2, 0.25) is 5.28 Å². The van der Waals surface area contributed by atoms with E-state index in [4.69, 9.17) is 11.6 Å². The van der Waals surface area contributed by atoms with Crippen LogP contribution in [-0.2, 0) is 5.41 Å². The molecule has 108 valence electrons. The summed E-state index contributed by atoms with van der Waals surface area (Å²) in [6.45, 7) is 6.23. The Morgan fingerprint density at radius 1 is 1.19 bits per heavy atom. The molecule has 3 heterocycles. The SMILES string of the molecule is CC(C)(C)c1cccc(-n2cc(F)c3cnc(Cl)nc32)n1. The number of halogens is 2. The van der Waals surface area contributed by atoms with E-state index in [1.807, 2.05) is 18.2 Å². The van der Waals surface area contributed by atoms with Gasteiger partial charge in [-0.05, 0) is 23.7 Å². The first kappa shape index (κ1) is 13.9. The van der Waals surface area contributed by atoms with Crippen LogP contribution >= 0.6 is 11.6 Å². The van der Waals surface area contributed by atoms with E-state index in [1.165, 1.54) is 12.4 Å². The smallest absolute Gasteiger partial charge is 0.224 e. The second-order valence-electron chi connectivity index (χ2n) is 5.85. The van der Waals surface area contributed by atoms with Gasteiger partial charge in [0, 0.05) is 23.5 Å². The Hall–Kier alpha value is -2.01. The average molecular weight is 305 g/mol. The van der Waals surface area contributed by atoms with E-state index in [9.17, 15) is 4.39 Å². The second kappa shape index (κ2) is 4.77. The van der Waals surface area contributed by atoms with Crippen molar-refractivity contribution in [2.45, 2.75) is 26.2 Å². The fraction of sp³-hybridized carbons (Fsp3) is 0.267. The van der Waals surface area contributed by atoms with E-state index >= 15 is 0 Å². The number of pyridine rings is 1. The Bertz CT molecular complexity index is 820. The van der Waals surface area contributed by atoms with Crippen molar-refractivity contribution in [1.29, 1.82) is 0 Å². The highest BCUT2D eigenvalue weighted by Gasteiger charge is 2.18. The summed E-state index contributed by atoms with van der Waals surface area (Å²) < 4.78 is 15.6. The van der Waals surface area contributed by atoms with E-state index in [2.05, 4.69) is 35.7 Å². The number of hydrogen-bond donors (Lipinski definition) is 0. The van der Waals surface area contributed by atoms with Crippen molar-refractivity contribution in [3.05, 3.63) is 47.4 Å². The summed E-state index contributed by atoms with van der Waals surface area (Å²) in [5, 5.41) is 0.399. The predicted molar refractivity (Wildman–Crippen MR) is 80.3 cm³/mol. The Morgan fingerprint density at radius 3 is 2.67 bits per heavy atom. The van der Waals surface area contributed by atoms with Crippen LogP contribution < -0.4 is 0 Å². The standard InChI is InChI=1S/C15H14ClFN4/c1-15(2,3)11-5-4-6-12(19-11)21-8-10(17)9-7-18-14(16)20-13(9)21/h4-8H,1-3H3. The Morgan fingerprint density at radius 2 is 1.95 bits per heavy atom. The van der Waals surface area contributed by atoms with Crippen molar-refractivity contribution in [3.8, 4) is 5.82 Å². The molecular weight excluding hydrogens is 291 g/mol. The quantitative estimate of drug-likeness (QED) is 0.640. The fourth-order valence-corrected chi connectivity index (χ4v) is 2.23. The molecule has 0 aliphatic heterocycles. The molecule has 0 bridgehead atoms. The van der Waals surface area contributed by atoms with Gasteiger partial charge in [0.15, 0.2) is 11.5 Å². The molecular formula is C15H14ClFN4. The molecule has 0 fully saturated rings. The van der Waals surface area contributed by atoms with Crippen LogP contribution in [0.5, 0.6) is 0 Å². The van der Waals surface area contributed by atoms with Crippen molar-refractivity contribution in [1.82, 2.24) is 19.5 Å². The summed E-state index contributed by atoms with van der Waals surface area (Å²) in [5.74, 6) is 0.204. The van der Waals surface area contributed by atoms with Gasteiger partial charge < -0.3 is 0 Å². The van der Waals surface area contributed by atoms with E-state index in [1.54, 1.807) is 4.57 Å². The van der Waals surface area contributed by atoms with E-state index in [-0.39, 0.29) is 10.7 Å². The highest BCUT2D eigenvalue weighted by atomic mass is 35.5.